The van der Waals surface area contributed by atoms with Gasteiger partial charge >= 0.3 is 6.18 Å². The maximum absolute atomic E-state index is 12.6. The highest BCUT2D eigenvalue weighted by atomic mass is 32.2. The van der Waals surface area contributed by atoms with E-state index in [0.717, 1.165) is 18.2 Å². The molecule has 1 aromatic rings. The summed E-state index contributed by atoms with van der Waals surface area (Å²) in [5.74, 6) is -0.325. The number of hydrogen-bond donors (Lipinski definition) is 2. The number of carbonyl (C=O) groups excluding carboxylic acids is 1. The molecule has 1 heterocycles. The molecule has 0 fully saturated rings. The van der Waals surface area contributed by atoms with Crippen LogP contribution in [0, 0.1) is 0 Å². The Kier molecular flexibility index (Phi) is 5.82. The van der Waals surface area contributed by atoms with Gasteiger partial charge in [-0.25, -0.2) is 4.98 Å². The molecule has 1 aromatic heterocycles. The van der Waals surface area contributed by atoms with E-state index in [1.54, 1.807) is 0 Å². The molecular weight excluding hydrogens is 307 g/mol. The van der Waals surface area contributed by atoms with Gasteiger partial charge in [-0.1, -0.05) is 18.7 Å². The fourth-order valence-corrected chi connectivity index (χ4v) is 2.14. The van der Waals surface area contributed by atoms with E-state index < -0.39 is 22.7 Å². The Morgan fingerprint density at radius 2 is 2.10 bits per heavy atom. The van der Waals surface area contributed by atoms with Crippen molar-refractivity contribution in [2.45, 2.75) is 49.8 Å². The lowest BCUT2D eigenvalue weighted by atomic mass is 10.2. The number of alkyl halides is 3. The van der Waals surface area contributed by atoms with E-state index in [4.69, 9.17) is 0 Å². The molecule has 2 unspecified atom stereocenters. The Bertz CT molecular complexity index is 559. The number of hydrogen-bond acceptors (Lipinski definition) is 4. The summed E-state index contributed by atoms with van der Waals surface area (Å²) in [6.45, 7) is 5.25. The van der Waals surface area contributed by atoms with E-state index in [0.29, 0.717) is 6.07 Å². The summed E-state index contributed by atoms with van der Waals surface area (Å²) in [6.07, 6.45) is -3.96. The predicted molar refractivity (Wildman–Crippen MR) is 73.1 cm³/mol. The smallest absolute Gasteiger partial charge is 0.353 e. The van der Waals surface area contributed by atoms with Crippen LogP contribution < -0.4 is 10.9 Å². The molecule has 0 saturated carbocycles. The number of thioether (sulfide) groups is 1. The van der Waals surface area contributed by atoms with Crippen molar-refractivity contribution in [2.24, 2.45) is 0 Å². The molecule has 2 N–H and O–H groups in total. The maximum atomic E-state index is 12.6. The molecule has 0 aliphatic rings. The summed E-state index contributed by atoms with van der Waals surface area (Å²) in [4.78, 5) is 28.6. The molecular formula is C12H16F3N3O2S. The van der Waals surface area contributed by atoms with Crippen molar-refractivity contribution >= 4 is 17.7 Å². The molecule has 0 radical (unpaired) electrons. The number of rotatable bonds is 5. The third-order valence-corrected chi connectivity index (χ3v) is 3.65. The van der Waals surface area contributed by atoms with Gasteiger partial charge in [0.25, 0.3) is 5.56 Å². The van der Waals surface area contributed by atoms with E-state index in [-0.39, 0.29) is 17.1 Å². The molecule has 0 bridgehead atoms. The van der Waals surface area contributed by atoms with Crippen LogP contribution in [0.5, 0.6) is 0 Å². The number of amides is 1. The number of aromatic nitrogens is 2. The second-order valence-electron chi connectivity index (χ2n) is 4.51. The minimum atomic E-state index is -4.70. The van der Waals surface area contributed by atoms with Crippen LogP contribution in [-0.2, 0) is 11.0 Å². The van der Waals surface area contributed by atoms with Gasteiger partial charge in [0.15, 0.2) is 10.9 Å². The zero-order valence-corrected chi connectivity index (χ0v) is 12.6. The maximum Gasteiger partial charge on any atom is 0.433 e. The van der Waals surface area contributed by atoms with Crippen LogP contribution in [0.15, 0.2) is 16.0 Å². The number of nitrogens with one attached hydrogen (secondary N) is 2. The van der Waals surface area contributed by atoms with Gasteiger partial charge in [0.2, 0.25) is 5.91 Å². The van der Waals surface area contributed by atoms with Crippen molar-refractivity contribution in [3.05, 3.63) is 22.1 Å². The fourth-order valence-electron chi connectivity index (χ4n) is 1.32. The summed E-state index contributed by atoms with van der Waals surface area (Å²) in [5, 5.41) is 1.80. The summed E-state index contributed by atoms with van der Waals surface area (Å²) < 4.78 is 37.7. The molecule has 1 rings (SSSR count). The van der Waals surface area contributed by atoms with E-state index in [2.05, 4.69) is 15.3 Å². The minimum absolute atomic E-state index is 0.0333. The average Bonchev–Trinajstić information content (AvgIpc) is 2.36. The van der Waals surface area contributed by atoms with Crippen LogP contribution in [0.2, 0.25) is 0 Å². The Labute approximate surface area is 123 Å². The normalized spacial score (nSPS) is 14.6. The van der Waals surface area contributed by atoms with Gasteiger partial charge < -0.3 is 10.3 Å². The van der Waals surface area contributed by atoms with E-state index in [1.807, 2.05) is 13.8 Å². The molecule has 0 spiro atoms. The van der Waals surface area contributed by atoms with Gasteiger partial charge in [0.05, 0.1) is 5.25 Å². The van der Waals surface area contributed by atoms with Crippen molar-refractivity contribution in [1.29, 1.82) is 0 Å². The number of nitrogens with zero attached hydrogens (tertiary/aromatic N) is 1. The molecule has 2 atom stereocenters. The topological polar surface area (TPSA) is 74.8 Å². The molecule has 21 heavy (non-hydrogen) atoms. The quantitative estimate of drug-likeness (QED) is 0.643. The molecule has 0 aliphatic heterocycles. The Morgan fingerprint density at radius 1 is 1.48 bits per heavy atom. The summed E-state index contributed by atoms with van der Waals surface area (Å²) in [5.41, 5.74) is -2.18. The van der Waals surface area contributed by atoms with Crippen molar-refractivity contribution in [3.8, 4) is 0 Å². The van der Waals surface area contributed by atoms with Crippen molar-refractivity contribution < 1.29 is 18.0 Å². The number of carbonyl (C=O) groups is 1. The average molecular weight is 323 g/mol. The zero-order chi connectivity index (χ0) is 16.2. The van der Waals surface area contributed by atoms with Crippen molar-refractivity contribution in [1.82, 2.24) is 15.3 Å². The summed E-state index contributed by atoms with van der Waals surface area (Å²) in [7, 11) is 0. The van der Waals surface area contributed by atoms with Gasteiger partial charge in [-0.15, -0.1) is 0 Å². The predicted octanol–water partition coefficient (Wildman–Crippen LogP) is 2.18. The van der Waals surface area contributed by atoms with Crippen molar-refractivity contribution in [3.63, 3.8) is 0 Å². The highest BCUT2D eigenvalue weighted by Crippen LogP contribution is 2.28. The molecule has 0 aliphatic carbocycles. The second kappa shape index (κ2) is 6.97. The second-order valence-corrected chi connectivity index (χ2v) is 5.84. The monoisotopic (exact) mass is 323 g/mol. The summed E-state index contributed by atoms with van der Waals surface area (Å²) in [6, 6.07) is 0.350. The van der Waals surface area contributed by atoms with E-state index >= 15 is 0 Å². The highest BCUT2D eigenvalue weighted by molar-refractivity contribution is 8.00. The lowest BCUT2D eigenvalue weighted by molar-refractivity contribution is -0.141. The third kappa shape index (κ3) is 5.41. The number of H-pyrrole nitrogens is 1. The van der Waals surface area contributed by atoms with Gasteiger partial charge in [-0.3, -0.25) is 9.59 Å². The Balaban J connectivity index is 2.86. The first-order chi connectivity index (χ1) is 9.63. The Morgan fingerprint density at radius 3 is 2.62 bits per heavy atom. The van der Waals surface area contributed by atoms with Crippen LogP contribution in [0.4, 0.5) is 13.2 Å². The lowest BCUT2D eigenvalue weighted by Crippen LogP contribution is -2.37. The minimum Gasteiger partial charge on any atom is -0.353 e. The molecule has 5 nitrogen and oxygen atoms in total. The SMILES string of the molecule is CCC(C)NC(=O)C(C)Sc1nc(C(F)(F)F)cc(=O)[nH]1. The molecule has 0 aromatic carbocycles. The van der Waals surface area contributed by atoms with Gasteiger partial charge in [0, 0.05) is 12.1 Å². The molecule has 9 heteroatoms. The number of halogens is 3. The third-order valence-electron chi connectivity index (χ3n) is 2.67. The molecule has 1 amide bonds. The lowest BCUT2D eigenvalue weighted by Gasteiger charge is -2.15. The van der Waals surface area contributed by atoms with E-state index in [9.17, 15) is 22.8 Å². The molecule has 118 valence electrons. The first-order valence-electron chi connectivity index (χ1n) is 6.29. The fraction of sp³-hybridized carbons (Fsp3) is 0.583. The van der Waals surface area contributed by atoms with E-state index in [1.165, 1.54) is 6.92 Å². The Hall–Kier alpha value is -1.51. The largest absolute Gasteiger partial charge is 0.433 e. The van der Waals surface area contributed by atoms with Gasteiger partial charge in [0.1, 0.15) is 0 Å². The van der Waals surface area contributed by atoms with Gasteiger partial charge in [-0.05, 0) is 20.3 Å². The van der Waals surface area contributed by atoms with Crippen LogP contribution in [-0.4, -0.2) is 27.2 Å². The first kappa shape index (κ1) is 17.5. The zero-order valence-electron chi connectivity index (χ0n) is 11.7. The van der Waals surface area contributed by atoms with Crippen LogP contribution in [0.25, 0.3) is 0 Å². The standard InChI is InChI=1S/C12H16F3N3O2S/c1-4-6(2)16-10(20)7(3)21-11-17-8(12(13,14)15)5-9(19)18-11/h5-7H,4H2,1-3H3,(H,16,20)(H,17,18,19). The van der Waals surface area contributed by atoms with Crippen LogP contribution in [0.3, 0.4) is 0 Å². The van der Waals surface area contributed by atoms with Crippen LogP contribution in [0.1, 0.15) is 32.9 Å². The first-order valence-corrected chi connectivity index (χ1v) is 7.17. The van der Waals surface area contributed by atoms with Crippen molar-refractivity contribution in [2.75, 3.05) is 0 Å². The molecule has 0 saturated heterocycles. The van der Waals surface area contributed by atoms with Gasteiger partial charge in [-0.2, -0.15) is 13.2 Å². The van der Waals surface area contributed by atoms with Crippen LogP contribution >= 0.6 is 11.8 Å². The summed E-state index contributed by atoms with van der Waals surface area (Å²) >= 11 is 0.770. The highest BCUT2D eigenvalue weighted by Gasteiger charge is 2.33. The number of aromatic amines is 1.